The Labute approximate surface area is 108 Å². The predicted molar refractivity (Wildman–Crippen MR) is 70.5 cm³/mol. The van der Waals surface area contributed by atoms with Crippen molar-refractivity contribution in [3.63, 3.8) is 0 Å². The van der Waals surface area contributed by atoms with Crippen molar-refractivity contribution in [1.82, 2.24) is 5.32 Å². The summed E-state index contributed by atoms with van der Waals surface area (Å²) in [5.74, 6) is -0.554. The van der Waals surface area contributed by atoms with Gasteiger partial charge in [-0.3, -0.25) is 4.79 Å². The lowest BCUT2D eigenvalue weighted by atomic mass is 10.00. The SMILES string of the molecule is CC(N)CCNC(=O)C(C)Cc1ccccc1F. The molecule has 0 aromatic heterocycles. The van der Waals surface area contributed by atoms with E-state index in [1.165, 1.54) is 6.07 Å². The van der Waals surface area contributed by atoms with Gasteiger partial charge in [0.05, 0.1) is 0 Å². The molecule has 1 aromatic carbocycles. The molecule has 2 atom stereocenters. The normalized spacial score (nSPS) is 14.0. The topological polar surface area (TPSA) is 55.1 Å². The Morgan fingerprint density at radius 3 is 2.67 bits per heavy atom. The van der Waals surface area contributed by atoms with Crippen LogP contribution in [0.25, 0.3) is 0 Å². The van der Waals surface area contributed by atoms with Gasteiger partial charge in [-0.1, -0.05) is 25.1 Å². The number of carbonyl (C=O) groups excluding carboxylic acids is 1. The molecule has 1 rings (SSSR count). The number of benzene rings is 1. The lowest BCUT2D eigenvalue weighted by Gasteiger charge is -2.13. The smallest absolute Gasteiger partial charge is 0.223 e. The van der Waals surface area contributed by atoms with E-state index in [0.29, 0.717) is 18.5 Å². The van der Waals surface area contributed by atoms with Crippen molar-refractivity contribution in [3.8, 4) is 0 Å². The molecule has 0 radical (unpaired) electrons. The van der Waals surface area contributed by atoms with Gasteiger partial charge in [-0.15, -0.1) is 0 Å². The van der Waals surface area contributed by atoms with E-state index in [0.717, 1.165) is 6.42 Å². The maximum absolute atomic E-state index is 13.4. The molecule has 1 aromatic rings. The van der Waals surface area contributed by atoms with Crippen molar-refractivity contribution in [3.05, 3.63) is 35.6 Å². The molecule has 0 spiro atoms. The van der Waals surface area contributed by atoms with Gasteiger partial charge in [0.25, 0.3) is 0 Å². The maximum atomic E-state index is 13.4. The van der Waals surface area contributed by atoms with Gasteiger partial charge in [-0.05, 0) is 31.4 Å². The first-order valence-corrected chi connectivity index (χ1v) is 6.27. The summed E-state index contributed by atoms with van der Waals surface area (Å²) in [7, 11) is 0. The molecule has 2 unspecified atom stereocenters. The fraction of sp³-hybridized carbons (Fsp3) is 0.500. The van der Waals surface area contributed by atoms with Crippen LogP contribution in [-0.4, -0.2) is 18.5 Å². The number of nitrogens with two attached hydrogens (primary N) is 1. The van der Waals surface area contributed by atoms with Gasteiger partial charge >= 0.3 is 0 Å². The van der Waals surface area contributed by atoms with Gasteiger partial charge in [0.2, 0.25) is 5.91 Å². The van der Waals surface area contributed by atoms with E-state index in [1.54, 1.807) is 25.1 Å². The third kappa shape index (κ3) is 4.84. The Balaban J connectivity index is 2.43. The van der Waals surface area contributed by atoms with E-state index in [2.05, 4.69) is 5.32 Å². The molecule has 4 heteroatoms. The van der Waals surface area contributed by atoms with Crippen molar-refractivity contribution in [2.75, 3.05) is 6.54 Å². The third-order valence-corrected chi connectivity index (χ3v) is 2.83. The summed E-state index contributed by atoms with van der Waals surface area (Å²) in [6.45, 7) is 4.26. The minimum Gasteiger partial charge on any atom is -0.356 e. The molecule has 18 heavy (non-hydrogen) atoms. The molecule has 3 N–H and O–H groups in total. The summed E-state index contributed by atoms with van der Waals surface area (Å²) in [6, 6.07) is 6.62. The van der Waals surface area contributed by atoms with Crippen LogP contribution >= 0.6 is 0 Å². The second-order valence-electron chi connectivity index (χ2n) is 4.75. The van der Waals surface area contributed by atoms with E-state index < -0.39 is 0 Å². The molecule has 0 saturated carbocycles. The van der Waals surface area contributed by atoms with Crippen molar-refractivity contribution in [2.24, 2.45) is 11.7 Å². The summed E-state index contributed by atoms with van der Waals surface area (Å²) in [4.78, 5) is 11.8. The Morgan fingerprint density at radius 2 is 2.06 bits per heavy atom. The number of halogens is 1. The molecule has 0 saturated heterocycles. The zero-order chi connectivity index (χ0) is 13.5. The molecule has 0 aliphatic rings. The van der Waals surface area contributed by atoms with Crippen LogP contribution in [0.2, 0.25) is 0 Å². The molecule has 1 amide bonds. The average Bonchev–Trinajstić information content (AvgIpc) is 2.31. The first-order chi connectivity index (χ1) is 8.50. The van der Waals surface area contributed by atoms with E-state index in [-0.39, 0.29) is 23.7 Å². The molecular weight excluding hydrogens is 231 g/mol. The first-order valence-electron chi connectivity index (χ1n) is 6.27. The lowest BCUT2D eigenvalue weighted by molar-refractivity contribution is -0.124. The van der Waals surface area contributed by atoms with Crippen LogP contribution in [0.3, 0.4) is 0 Å². The summed E-state index contributed by atoms with van der Waals surface area (Å²) >= 11 is 0. The van der Waals surface area contributed by atoms with Crippen LogP contribution in [0.15, 0.2) is 24.3 Å². The standard InChI is InChI=1S/C14H21FN2O/c1-10(14(18)17-8-7-11(2)16)9-12-5-3-4-6-13(12)15/h3-6,10-11H,7-9,16H2,1-2H3,(H,17,18). The van der Waals surface area contributed by atoms with E-state index in [9.17, 15) is 9.18 Å². The van der Waals surface area contributed by atoms with Gasteiger partial charge < -0.3 is 11.1 Å². The van der Waals surface area contributed by atoms with Gasteiger partial charge in [0.15, 0.2) is 0 Å². The number of hydrogen-bond donors (Lipinski definition) is 2. The predicted octanol–water partition coefficient (Wildman–Crippen LogP) is 1.86. The van der Waals surface area contributed by atoms with Gasteiger partial charge in [-0.2, -0.15) is 0 Å². The Kier molecular flexibility index (Phi) is 5.78. The Morgan fingerprint density at radius 1 is 1.39 bits per heavy atom. The van der Waals surface area contributed by atoms with Crippen LogP contribution < -0.4 is 11.1 Å². The number of hydrogen-bond acceptors (Lipinski definition) is 2. The van der Waals surface area contributed by atoms with E-state index in [1.807, 2.05) is 6.92 Å². The zero-order valence-electron chi connectivity index (χ0n) is 10.9. The highest BCUT2D eigenvalue weighted by Crippen LogP contribution is 2.12. The summed E-state index contributed by atoms with van der Waals surface area (Å²) in [5, 5.41) is 2.81. The molecule has 3 nitrogen and oxygen atoms in total. The van der Waals surface area contributed by atoms with Crippen LogP contribution in [-0.2, 0) is 11.2 Å². The monoisotopic (exact) mass is 252 g/mol. The summed E-state index contributed by atoms with van der Waals surface area (Å²) < 4.78 is 13.4. The average molecular weight is 252 g/mol. The lowest BCUT2D eigenvalue weighted by Crippen LogP contribution is -2.33. The number of rotatable bonds is 6. The van der Waals surface area contributed by atoms with Crippen LogP contribution in [0, 0.1) is 11.7 Å². The largest absolute Gasteiger partial charge is 0.356 e. The van der Waals surface area contributed by atoms with Crippen molar-refractivity contribution >= 4 is 5.91 Å². The quantitative estimate of drug-likeness (QED) is 0.812. The third-order valence-electron chi connectivity index (χ3n) is 2.83. The van der Waals surface area contributed by atoms with E-state index >= 15 is 0 Å². The fourth-order valence-electron chi connectivity index (χ4n) is 1.68. The number of amides is 1. The Bertz CT molecular complexity index is 393. The molecule has 0 heterocycles. The summed E-state index contributed by atoms with van der Waals surface area (Å²) in [6.07, 6.45) is 1.16. The van der Waals surface area contributed by atoms with Crippen molar-refractivity contribution in [2.45, 2.75) is 32.7 Å². The molecule has 100 valence electrons. The maximum Gasteiger partial charge on any atom is 0.223 e. The van der Waals surface area contributed by atoms with Crippen LogP contribution in [0.1, 0.15) is 25.8 Å². The molecule has 0 bridgehead atoms. The highest BCUT2D eigenvalue weighted by Gasteiger charge is 2.14. The van der Waals surface area contributed by atoms with Crippen molar-refractivity contribution < 1.29 is 9.18 Å². The van der Waals surface area contributed by atoms with Crippen LogP contribution in [0.5, 0.6) is 0 Å². The molecule has 0 aliphatic carbocycles. The van der Waals surface area contributed by atoms with Crippen molar-refractivity contribution in [1.29, 1.82) is 0 Å². The highest BCUT2D eigenvalue weighted by molar-refractivity contribution is 5.78. The van der Waals surface area contributed by atoms with E-state index in [4.69, 9.17) is 5.73 Å². The fourth-order valence-corrected chi connectivity index (χ4v) is 1.68. The van der Waals surface area contributed by atoms with Crippen LogP contribution in [0.4, 0.5) is 4.39 Å². The minimum atomic E-state index is -0.257. The minimum absolute atomic E-state index is 0.0566. The number of carbonyl (C=O) groups is 1. The second-order valence-corrected chi connectivity index (χ2v) is 4.75. The van der Waals surface area contributed by atoms with Gasteiger partial charge in [0, 0.05) is 18.5 Å². The molecular formula is C14H21FN2O. The number of nitrogens with one attached hydrogen (secondary N) is 1. The highest BCUT2D eigenvalue weighted by atomic mass is 19.1. The molecule has 0 aliphatic heterocycles. The Hall–Kier alpha value is -1.42. The van der Waals surface area contributed by atoms with Gasteiger partial charge in [0.1, 0.15) is 5.82 Å². The zero-order valence-corrected chi connectivity index (χ0v) is 10.9. The summed E-state index contributed by atoms with van der Waals surface area (Å²) in [5.41, 5.74) is 6.17. The van der Waals surface area contributed by atoms with Gasteiger partial charge in [-0.25, -0.2) is 4.39 Å². The second kappa shape index (κ2) is 7.11. The molecule has 0 fully saturated rings. The first kappa shape index (κ1) is 14.6.